The van der Waals surface area contributed by atoms with Crippen LogP contribution in [-0.4, -0.2) is 169 Å². The number of pyridine rings is 3. The molecule has 644 valence electrons. The number of carbonyl (C=O) groups excluding carboxylic acids is 3. The molecule has 9 aliphatic rings. The number of hydrogen-bond donors (Lipinski definition) is 1. The second-order valence-electron chi connectivity index (χ2n) is 33.4. The van der Waals surface area contributed by atoms with Crippen LogP contribution in [0.3, 0.4) is 0 Å². The van der Waals surface area contributed by atoms with E-state index in [0.717, 1.165) is 76.0 Å². The molecule has 8 aromatic heterocycles. The first-order chi connectivity index (χ1) is 60.2. The summed E-state index contributed by atoms with van der Waals surface area (Å²) in [6.07, 6.45) is 28.2. The summed E-state index contributed by atoms with van der Waals surface area (Å²) in [6.45, 7) is 7.41. The fraction of sp³-hybridized carbons (Fsp3) is 0.356. The number of nitrogens with two attached hydrogens (primary N) is 1. The van der Waals surface area contributed by atoms with Crippen LogP contribution in [0.25, 0.3) is 23.5 Å². The number of aliphatic imine (C=N–C) groups is 1. The maximum Gasteiger partial charge on any atom is 0.267 e. The van der Waals surface area contributed by atoms with E-state index in [2.05, 4.69) is 61.3 Å². The summed E-state index contributed by atoms with van der Waals surface area (Å²) in [6, 6.07) is 26.8. The van der Waals surface area contributed by atoms with Crippen molar-refractivity contribution in [1.82, 2.24) is 83.1 Å². The Morgan fingerprint density at radius 3 is 1.53 bits per heavy atom. The number of halogens is 3. The van der Waals surface area contributed by atoms with Crippen molar-refractivity contribution in [2.24, 2.45) is 34.0 Å². The lowest BCUT2D eigenvalue weighted by Gasteiger charge is -2.47. The Morgan fingerprint density at radius 2 is 1.04 bits per heavy atom. The Morgan fingerprint density at radius 1 is 0.544 bits per heavy atom. The molecule has 20 rings (SSSR count). The second-order valence-corrected chi connectivity index (χ2v) is 39.7. The lowest BCUT2D eigenvalue weighted by molar-refractivity contribution is 0.0734. The van der Waals surface area contributed by atoms with Gasteiger partial charge in [0.25, 0.3) is 10.3 Å². The van der Waals surface area contributed by atoms with Crippen LogP contribution < -0.4 is 15.2 Å². The van der Waals surface area contributed by atoms with Gasteiger partial charge in [0.15, 0.2) is 28.8 Å². The molecule has 0 spiro atoms. The van der Waals surface area contributed by atoms with Crippen LogP contribution in [0, 0.1) is 40.6 Å². The number of hydrogen-bond acceptors (Lipinski definition) is 23. The summed E-state index contributed by atoms with van der Waals surface area (Å²) < 4.78 is 131. The summed E-state index contributed by atoms with van der Waals surface area (Å²) in [4.78, 5) is 74.2. The van der Waals surface area contributed by atoms with Crippen molar-refractivity contribution in [2.45, 2.75) is 181 Å². The van der Waals surface area contributed by atoms with E-state index >= 15 is 0 Å². The number of ether oxygens (including phenoxy) is 2. The predicted molar refractivity (Wildman–Crippen MR) is 458 cm³/mol. The molecule has 0 bridgehead atoms. The minimum absolute atomic E-state index is 0.0533. The topological polar surface area (TPSA) is 363 Å². The SMILES string of the molecule is C=S(=O)(c1ncn(C)n1)N(C1CC1)[C@H]1CCC2=CC(=Nc3ccc(F)cc3)C(=CN)C[C@]2(C(=O)c2cc3c(cn2)OCCO3)C1.CCn1cnc(S(=O)(=O)[C@H]2CCC3=Cc4c(cnn4-c4ccc(F)cc4)C[C@]3(C(=O)c3ccc(C)cn3)C2)n1.CCn1cnc(S(=O)(=O)[C@H]2CCC3=Cc4c(cnn4-c4ccc(F)cc4)C[C@]3(C(=O)c3ccc(C4CC4)cn3)C2)n1. The lowest BCUT2D eigenvalue weighted by atomic mass is 9.59. The summed E-state index contributed by atoms with van der Waals surface area (Å²) >= 11 is 0. The van der Waals surface area contributed by atoms with E-state index in [0.29, 0.717) is 135 Å². The minimum atomic E-state index is -3.88. The maximum absolute atomic E-state index is 14.8. The fourth-order valence-electron chi connectivity index (χ4n) is 18.6. The van der Waals surface area contributed by atoms with Gasteiger partial charge in [-0.05, 0) is 272 Å². The Bertz CT molecular complexity index is 6610. The lowest BCUT2D eigenvalue weighted by Crippen LogP contribution is -2.51. The van der Waals surface area contributed by atoms with Gasteiger partial charge in [-0.15, -0.1) is 15.3 Å². The number of carbonyl (C=O) groups is 3. The average Bonchev–Trinajstić information content (AvgIpc) is 1.72. The highest BCUT2D eigenvalue weighted by atomic mass is 32.2. The van der Waals surface area contributed by atoms with Crippen molar-refractivity contribution in [2.75, 3.05) is 13.2 Å². The van der Waals surface area contributed by atoms with E-state index in [9.17, 15) is 48.6 Å². The first-order valence-electron chi connectivity index (χ1n) is 41.8. The molecule has 35 heteroatoms. The number of rotatable bonds is 20. The van der Waals surface area contributed by atoms with Crippen LogP contribution in [-0.2, 0) is 62.4 Å². The van der Waals surface area contributed by atoms with Gasteiger partial charge in [0, 0.05) is 50.7 Å². The molecule has 125 heavy (non-hydrogen) atoms. The van der Waals surface area contributed by atoms with E-state index in [1.54, 1.807) is 95.8 Å². The number of benzene rings is 3. The van der Waals surface area contributed by atoms with E-state index in [1.165, 1.54) is 81.8 Å². The summed E-state index contributed by atoms with van der Waals surface area (Å²) in [7, 11) is -9.08. The van der Waals surface area contributed by atoms with Gasteiger partial charge in [0.05, 0.1) is 89.2 Å². The third-order valence-corrected chi connectivity index (χ3v) is 31.4. The number of sulfone groups is 2. The highest BCUT2D eigenvalue weighted by Crippen LogP contribution is 2.57. The quantitative estimate of drug-likeness (QED) is 0.0547. The van der Waals surface area contributed by atoms with Gasteiger partial charge in [-0.25, -0.2) is 72.8 Å². The molecule has 5 saturated carbocycles. The molecule has 5 fully saturated rings. The number of allylic oxidation sites excluding steroid dienone is 5. The maximum atomic E-state index is 14.8. The average molecular weight is 1750 g/mol. The van der Waals surface area contributed by atoms with E-state index < -0.39 is 56.1 Å². The molecule has 2 N–H and O–H groups in total. The third kappa shape index (κ3) is 15.8. The van der Waals surface area contributed by atoms with Crippen molar-refractivity contribution in [3.8, 4) is 22.9 Å². The van der Waals surface area contributed by atoms with Gasteiger partial charge >= 0.3 is 0 Å². The van der Waals surface area contributed by atoms with Gasteiger partial charge in [0.1, 0.15) is 66.7 Å². The molecule has 0 radical (unpaired) electrons. The highest BCUT2D eigenvalue weighted by molar-refractivity contribution is 7.98. The van der Waals surface area contributed by atoms with Crippen molar-refractivity contribution in [3.05, 3.63) is 256 Å². The van der Waals surface area contributed by atoms with Crippen LogP contribution in [0.2, 0.25) is 0 Å². The highest BCUT2D eigenvalue weighted by Gasteiger charge is 2.57. The molecule has 11 aromatic rings. The first kappa shape index (κ1) is 83.6. The van der Waals surface area contributed by atoms with Crippen LogP contribution in [0.15, 0.2) is 208 Å². The third-order valence-electron chi connectivity index (χ3n) is 25.4. The molecule has 0 amide bonds. The Balaban J connectivity index is 0.000000128. The zero-order chi connectivity index (χ0) is 87.1. The Kier molecular flexibility index (Phi) is 22.0. The largest absolute Gasteiger partial charge is 0.486 e. The molecule has 1 aliphatic heterocycles. The number of Topliss-reactive ketones (excluding diaryl/α,β-unsaturated/α-hetero) is 3. The summed E-state index contributed by atoms with van der Waals surface area (Å²) in [5.41, 5.74) is 15.0. The molecular weight excluding hydrogens is 1660 g/mol. The minimum Gasteiger partial charge on any atom is -0.486 e. The van der Waals surface area contributed by atoms with Crippen LogP contribution >= 0.6 is 0 Å². The van der Waals surface area contributed by atoms with E-state index in [4.69, 9.17) is 20.2 Å². The van der Waals surface area contributed by atoms with Gasteiger partial charge in [0.2, 0.25) is 24.8 Å². The molecule has 29 nitrogen and oxygen atoms in total. The monoisotopic (exact) mass is 1750 g/mol. The molecule has 8 aliphatic carbocycles. The smallest absolute Gasteiger partial charge is 0.267 e. The van der Waals surface area contributed by atoms with Crippen molar-refractivity contribution in [1.29, 1.82) is 0 Å². The number of aromatic nitrogens is 16. The second kappa shape index (κ2) is 33.0. The Labute approximate surface area is 719 Å². The van der Waals surface area contributed by atoms with Gasteiger partial charge in [-0.3, -0.25) is 38.4 Å². The van der Waals surface area contributed by atoms with E-state index in [1.807, 2.05) is 55.4 Å². The molecule has 3 aromatic carbocycles. The van der Waals surface area contributed by atoms with Crippen LogP contribution in [0.1, 0.15) is 175 Å². The summed E-state index contributed by atoms with van der Waals surface area (Å²) in [5.74, 6) is 4.03. The van der Waals surface area contributed by atoms with Crippen LogP contribution in [0.4, 0.5) is 18.9 Å². The van der Waals surface area contributed by atoms with Crippen LogP contribution in [0.5, 0.6) is 11.5 Å². The van der Waals surface area contributed by atoms with Crippen molar-refractivity contribution in [3.63, 3.8) is 0 Å². The van der Waals surface area contributed by atoms with E-state index in [-0.39, 0.29) is 93.7 Å². The summed E-state index contributed by atoms with van der Waals surface area (Å²) in [5, 5.41) is 19.9. The number of aryl methyl sites for hydroxylation is 4. The van der Waals surface area contributed by atoms with Gasteiger partial charge in [-0.2, -0.15) is 10.2 Å². The molecule has 1 unspecified atom stereocenters. The van der Waals surface area contributed by atoms with Crippen molar-refractivity contribution < 1.29 is 58.1 Å². The first-order valence-corrected chi connectivity index (χ1v) is 46.6. The van der Waals surface area contributed by atoms with Crippen molar-refractivity contribution >= 4 is 76.2 Å². The number of ketones is 3. The molecule has 0 saturated heterocycles. The standard InChI is InChI=1S/C32H34FN7O4S.C30H29FN6O3S.C28H27FN6O3S/c1-39-19-36-31(38-39)45(2,42)40(24-9-10-24)25-8-3-21-13-26(37-23-6-4-22(33)5-7-23)20(17-34)15-32(21,16-25)30(41)27-14-28-29(18-35-27)44-12-11-43-28;1-2-36-18-33-29(35-36)41(39,40)25-11-6-22-13-27-21(17-34-37(27)24-9-7-23(31)8-10-24)14-30(22,15-25)28(38)26-12-5-20(16-32-26)19-3-4-19;1-3-34-17-31-27(33-34)39(37,38)23-10-5-20-12-25-19(16-32-35(25)22-8-6-21(29)7-9-22)13-28(20,14-23)26(36)24-11-4-18(2)15-30-24/h4-7,13-14,17-19,24-25H,2-3,8-12,15-16,34H2,1H3;5,7-10,12-13,16-19,25H,2-4,6,11,14-15H2,1H3;4,6-9,11-12,15-17,23H,3,5,10,13-14H2,1-2H3/t25-,32-,45?;25-,30-;23-,28-/m000/s1. The van der Waals surface area contributed by atoms with Gasteiger partial charge in [-0.1, -0.05) is 28.9 Å². The molecular formula is C90H90F3N19O10S3. The fourth-order valence-corrected chi connectivity index (χ4v) is 23.9. The number of nitrogens with zero attached hydrogens (tertiary/aromatic N) is 18. The zero-order valence-corrected chi connectivity index (χ0v) is 71.5. The zero-order valence-electron chi connectivity index (χ0n) is 69.0. The molecule has 9 heterocycles. The normalized spacial score (nSPS) is 23.0. The predicted octanol–water partition coefficient (Wildman–Crippen LogP) is 12.8. The number of fused-ring (bicyclic) bond motifs is 6. The molecule has 7 atom stereocenters. The van der Waals surface area contributed by atoms with Gasteiger partial charge < -0.3 is 15.2 Å². The Hall–Kier alpha value is -12.3.